The average Bonchev–Trinajstić information content (AvgIpc) is 2.90. The van der Waals surface area contributed by atoms with Crippen molar-refractivity contribution in [3.8, 4) is 0 Å². The summed E-state index contributed by atoms with van der Waals surface area (Å²) in [5, 5.41) is 7.55. The van der Waals surface area contributed by atoms with Gasteiger partial charge in [-0.1, -0.05) is 84.1 Å². The molecule has 1 aromatic rings. The standard InChI is InChI=1S/C30H48N4O5S2/c1-21(26(35)33-41(38,39)19-13-18-40)20-23-16-11-12-17-34(23)28(37)25(29(2,3)4)32-27(36)24(31-7)30(5,6)22-14-9-8-10-15-22/h8-10,14-15,18,21,23-25,31H,11-13,16-17,19-20H2,1-7H3,(H,32,36)(H,33,35)/t21?,23?,24-,25?/m1/s1. The number of nitrogens with one attached hydrogen (secondary N) is 3. The Balaban J connectivity index is 2.23. The van der Waals surface area contributed by atoms with Gasteiger partial charge in [0.05, 0.1) is 11.8 Å². The number of nitrogens with zero attached hydrogens (tertiary/aromatic N) is 1. The van der Waals surface area contributed by atoms with E-state index in [2.05, 4.69) is 15.4 Å². The molecule has 3 amide bonds. The minimum atomic E-state index is -3.78. The van der Waals surface area contributed by atoms with Crippen LogP contribution in [0, 0.1) is 11.3 Å². The number of thiocarbonyl (C=S) groups is 1. The molecule has 1 aromatic carbocycles. The summed E-state index contributed by atoms with van der Waals surface area (Å²) in [7, 11) is -2.04. The monoisotopic (exact) mass is 608 g/mol. The molecule has 2 rings (SSSR count). The number of carbonyl (C=O) groups is 3. The molecule has 1 aliphatic rings. The van der Waals surface area contributed by atoms with Gasteiger partial charge in [0.25, 0.3) is 0 Å². The molecule has 0 aromatic heterocycles. The Kier molecular flexibility index (Phi) is 12.5. The molecule has 0 saturated carbocycles. The van der Waals surface area contributed by atoms with Crippen LogP contribution in [-0.4, -0.2) is 73.9 Å². The van der Waals surface area contributed by atoms with Crippen LogP contribution in [0.15, 0.2) is 30.3 Å². The van der Waals surface area contributed by atoms with Crippen molar-refractivity contribution in [1.29, 1.82) is 0 Å². The Bertz CT molecular complexity index is 1170. The normalized spacial score (nSPS) is 18.6. The maximum atomic E-state index is 14.1. The van der Waals surface area contributed by atoms with E-state index in [0.717, 1.165) is 18.4 Å². The van der Waals surface area contributed by atoms with Gasteiger partial charge in [-0.15, -0.1) is 0 Å². The van der Waals surface area contributed by atoms with Crippen molar-refractivity contribution in [2.24, 2.45) is 11.3 Å². The van der Waals surface area contributed by atoms with E-state index in [1.165, 1.54) is 5.37 Å². The summed E-state index contributed by atoms with van der Waals surface area (Å²) in [5.74, 6) is -1.92. The van der Waals surface area contributed by atoms with Gasteiger partial charge in [0.2, 0.25) is 27.7 Å². The van der Waals surface area contributed by atoms with E-state index in [4.69, 9.17) is 12.2 Å². The van der Waals surface area contributed by atoms with Crippen LogP contribution in [0.2, 0.25) is 0 Å². The molecule has 3 unspecified atom stereocenters. The largest absolute Gasteiger partial charge is 0.342 e. The molecule has 1 saturated heterocycles. The van der Waals surface area contributed by atoms with Gasteiger partial charge in [0.15, 0.2) is 0 Å². The first-order valence-corrected chi connectivity index (χ1v) is 16.5. The van der Waals surface area contributed by atoms with E-state index < -0.39 is 44.8 Å². The molecule has 230 valence electrons. The van der Waals surface area contributed by atoms with Gasteiger partial charge >= 0.3 is 0 Å². The molecule has 4 atom stereocenters. The second-order valence-corrected chi connectivity index (χ2v) is 14.9. The van der Waals surface area contributed by atoms with E-state index in [-0.39, 0.29) is 30.0 Å². The number of rotatable bonds is 13. The lowest BCUT2D eigenvalue weighted by Crippen LogP contribution is -2.62. The Labute approximate surface area is 251 Å². The van der Waals surface area contributed by atoms with Crippen LogP contribution in [-0.2, 0) is 29.8 Å². The van der Waals surface area contributed by atoms with Crippen LogP contribution in [0.4, 0.5) is 0 Å². The SMILES string of the molecule is CN[C@H](C(=O)NC(C(=O)N1CCCCC1CC(C)C(=O)NS(=O)(=O)CCC=S)C(C)(C)C)C(C)(C)c1ccccc1. The molecule has 11 heteroatoms. The summed E-state index contributed by atoms with van der Waals surface area (Å²) in [6.45, 7) is 12.0. The fraction of sp³-hybridized carbons (Fsp3) is 0.667. The summed E-state index contributed by atoms with van der Waals surface area (Å²) >= 11 is 4.70. The molecule has 0 spiro atoms. The van der Waals surface area contributed by atoms with Crippen molar-refractivity contribution in [3.63, 3.8) is 0 Å². The lowest BCUT2D eigenvalue weighted by molar-refractivity contribution is -0.144. The zero-order valence-corrected chi connectivity index (χ0v) is 27.2. The van der Waals surface area contributed by atoms with E-state index in [0.29, 0.717) is 19.4 Å². The third-order valence-electron chi connectivity index (χ3n) is 7.93. The first-order chi connectivity index (χ1) is 19.0. The van der Waals surface area contributed by atoms with Gasteiger partial charge in [-0.3, -0.25) is 19.1 Å². The smallest absolute Gasteiger partial charge is 0.245 e. The Morgan fingerprint density at radius 1 is 1.05 bits per heavy atom. The van der Waals surface area contributed by atoms with E-state index in [1.807, 2.05) is 65.0 Å². The van der Waals surface area contributed by atoms with Crippen LogP contribution >= 0.6 is 12.2 Å². The first-order valence-electron chi connectivity index (χ1n) is 14.4. The van der Waals surface area contributed by atoms with Crippen LogP contribution in [0.5, 0.6) is 0 Å². The average molecular weight is 609 g/mol. The van der Waals surface area contributed by atoms with Crippen molar-refractivity contribution >= 4 is 45.3 Å². The van der Waals surface area contributed by atoms with E-state index in [1.54, 1.807) is 18.9 Å². The number of likely N-dealkylation sites (N-methyl/N-ethyl adjacent to an activating group) is 1. The van der Waals surface area contributed by atoms with E-state index >= 15 is 0 Å². The number of benzene rings is 1. The van der Waals surface area contributed by atoms with Gasteiger partial charge < -0.3 is 15.5 Å². The molecule has 9 nitrogen and oxygen atoms in total. The highest BCUT2D eigenvalue weighted by Crippen LogP contribution is 2.30. The molecule has 0 radical (unpaired) electrons. The van der Waals surface area contributed by atoms with Gasteiger partial charge in [0.1, 0.15) is 6.04 Å². The van der Waals surface area contributed by atoms with Gasteiger partial charge in [-0.2, -0.15) is 0 Å². The van der Waals surface area contributed by atoms with Gasteiger partial charge in [0, 0.05) is 23.9 Å². The molecule has 1 fully saturated rings. The summed E-state index contributed by atoms with van der Waals surface area (Å²) in [4.78, 5) is 42.3. The number of hydrogen-bond donors (Lipinski definition) is 3. The quantitative estimate of drug-likeness (QED) is 0.294. The van der Waals surface area contributed by atoms with Crippen molar-refractivity contribution in [2.75, 3.05) is 19.3 Å². The first kappa shape index (κ1) is 34.8. The number of hydrogen-bond acceptors (Lipinski definition) is 7. The minimum Gasteiger partial charge on any atom is -0.342 e. The molecular formula is C30H48N4O5S2. The Morgan fingerprint density at radius 2 is 1.68 bits per heavy atom. The van der Waals surface area contributed by atoms with Crippen LogP contribution < -0.4 is 15.4 Å². The van der Waals surface area contributed by atoms with Crippen molar-refractivity contribution in [1.82, 2.24) is 20.3 Å². The maximum Gasteiger partial charge on any atom is 0.245 e. The Morgan fingerprint density at radius 3 is 2.24 bits per heavy atom. The molecule has 3 N–H and O–H groups in total. The lowest BCUT2D eigenvalue weighted by atomic mass is 9.76. The zero-order valence-electron chi connectivity index (χ0n) is 25.5. The Hall–Kier alpha value is -2.37. The summed E-state index contributed by atoms with van der Waals surface area (Å²) in [6.07, 6.45) is 2.92. The molecular weight excluding hydrogens is 560 g/mol. The highest BCUT2D eigenvalue weighted by molar-refractivity contribution is 7.90. The van der Waals surface area contributed by atoms with Crippen LogP contribution in [0.3, 0.4) is 0 Å². The fourth-order valence-electron chi connectivity index (χ4n) is 5.45. The highest BCUT2D eigenvalue weighted by Gasteiger charge is 2.43. The van der Waals surface area contributed by atoms with Crippen molar-refractivity contribution in [3.05, 3.63) is 35.9 Å². The number of carbonyl (C=O) groups excluding carboxylic acids is 3. The molecule has 0 aliphatic carbocycles. The lowest BCUT2D eigenvalue weighted by Gasteiger charge is -2.42. The summed E-state index contributed by atoms with van der Waals surface area (Å²) in [6, 6.07) is 8.16. The molecule has 1 heterocycles. The predicted octanol–water partition coefficient (Wildman–Crippen LogP) is 3.33. The predicted molar refractivity (Wildman–Crippen MR) is 167 cm³/mol. The highest BCUT2D eigenvalue weighted by atomic mass is 32.2. The second-order valence-electron chi connectivity index (χ2n) is 12.7. The number of likely N-dealkylation sites (tertiary alicyclic amines) is 1. The van der Waals surface area contributed by atoms with E-state index in [9.17, 15) is 22.8 Å². The topological polar surface area (TPSA) is 125 Å². The third-order valence-corrected chi connectivity index (χ3v) is 9.45. The maximum absolute atomic E-state index is 14.1. The molecule has 0 bridgehead atoms. The summed E-state index contributed by atoms with van der Waals surface area (Å²) < 4.78 is 26.6. The third kappa shape index (κ3) is 9.58. The van der Waals surface area contributed by atoms with Crippen molar-refractivity contribution in [2.45, 2.75) is 97.2 Å². The minimum absolute atomic E-state index is 0.175. The van der Waals surface area contributed by atoms with Crippen LogP contribution in [0.1, 0.15) is 79.2 Å². The van der Waals surface area contributed by atoms with Gasteiger partial charge in [-0.25, -0.2) is 8.42 Å². The van der Waals surface area contributed by atoms with Crippen LogP contribution in [0.25, 0.3) is 0 Å². The summed E-state index contributed by atoms with van der Waals surface area (Å²) in [5.41, 5.74) is -0.130. The number of sulfonamides is 1. The molecule has 41 heavy (non-hydrogen) atoms. The second kappa shape index (κ2) is 14.7. The van der Waals surface area contributed by atoms with Crippen molar-refractivity contribution < 1.29 is 22.8 Å². The zero-order chi connectivity index (χ0) is 31.0. The fourth-order valence-corrected chi connectivity index (χ4v) is 6.76. The number of amides is 3. The molecule has 1 aliphatic heterocycles. The number of piperidine rings is 1. The van der Waals surface area contributed by atoms with Gasteiger partial charge in [-0.05, 0) is 55.5 Å².